The minimum atomic E-state index is -0.564. The van der Waals surface area contributed by atoms with Crippen LogP contribution < -0.4 is 16.9 Å². The van der Waals surface area contributed by atoms with E-state index in [2.05, 4.69) is 15.2 Å². The third kappa shape index (κ3) is 1.29. The molecule has 43 valence electrons. The van der Waals surface area contributed by atoms with Crippen molar-refractivity contribution in [3.63, 3.8) is 0 Å². The largest absolute Gasteiger partial charge is 0.360 e. The fourth-order valence-electron chi connectivity index (χ4n) is 0.480. The van der Waals surface area contributed by atoms with Crippen LogP contribution in [0.5, 0.6) is 0 Å². The zero-order chi connectivity index (χ0) is 7.56. The molecule has 5 radical (unpaired) electrons. The summed E-state index contributed by atoms with van der Waals surface area (Å²) < 4.78 is 0. The van der Waals surface area contributed by atoms with Crippen LogP contribution in [0.4, 0.5) is 0 Å². The highest BCUT2D eigenvalue weighted by molar-refractivity contribution is 6.98. The van der Waals surface area contributed by atoms with E-state index in [9.17, 15) is 4.79 Å². The summed E-state index contributed by atoms with van der Waals surface area (Å²) in [5.41, 5.74) is -0.253. The Morgan fingerprint density at radius 3 is 2.80 bits per heavy atom. The van der Waals surface area contributed by atoms with Gasteiger partial charge in [-0.3, -0.25) is 0 Å². The molecule has 0 saturated heterocycles. The lowest BCUT2D eigenvalue weighted by Crippen LogP contribution is -2.42. The number of rotatable bonds is 1. The molecule has 1 rings (SSSR count). The summed E-state index contributed by atoms with van der Waals surface area (Å²) in [7, 11) is 11.4. The van der Waals surface area contributed by atoms with Crippen molar-refractivity contribution in [3.05, 3.63) is 10.5 Å². The van der Waals surface area contributed by atoms with E-state index in [-0.39, 0.29) is 11.2 Å². The van der Waals surface area contributed by atoms with Crippen LogP contribution in [-0.2, 0) is 0 Å². The highest BCUT2D eigenvalue weighted by Gasteiger charge is 1.97. The predicted molar refractivity (Wildman–Crippen MR) is 39.2 cm³/mol. The third-order valence-electron chi connectivity index (χ3n) is 0.914. The van der Waals surface area contributed by atoms with Crippen LogP contribution in [0.25, 0.3) is 0 Å². The molecular weight excluding hydrogens is 126 g/mol. The van der Waals surface area contributed by atoms with E-state index in [4.69, 9.17) is 15.6 Å². The van der Waals surface area contributed by atoms with Gasteiger partial charge in [0.15, 0.2) is 0 Å². The first-order valence-corrected chi connectivity index (χ1v) is 2.51. The van der Waals surface area contributed by atoms with Gasteiger partial charge in [-0.25, -0.2) is 14.9 Å². The standard InChI is InChI=1S/C3HB3N3O/c4-1-2(6-5)7-3(10)9-8-1/h(H,7,9,10). The average molecular weight is 127 g/mol. The maximum atomic E-state index is 10.4. The van der Waals surface area contributed by atoms with E-state index < -0.39 is 5.69 Å². The quantitative estimate of drug-likeness (QED) is 0.396. The fraction of sp³-hybridized carbons (Fsp3) is 0. The Balaban J connectivity index is 3.22. The van der Waals surface area contributed by atoms with Crippen molar-refractivity contribution in [2.24, 2.45) is 0 Å². The fourth-order valence-corrected chi connectivity index (χ4v) is 0.480. The highest BCUT2D eigenvalue weighted by Crippen LogP contribution is 1.49. The van der Waals surface area contributed by atoms with Crippen molar-refractivity contribution in [1.82, 2.24) is 15.2 Å². The lowest BCUT2D eigenvalue weighted by Gasteiger charge is -1.96. The van der Waals surface area contributed by atoms with Crippen molar-refractivity contribution in [1.29, 1.82) is 0 Å². The van der Waals surface area contributed by atoms with Gasteiger partial charge in [0.25, 0.3) is 0 Å². The first-order chi connectivity index (χ1) is 4.74. The van der Waals surface area contributed by atoms with E-state index in [0.717, 1.165) is 7.17 Å². The minimum Gasteiger partial charge on any atom is -0.244 e. The van der Waals surface area contributed by atoms with Crippen molar-refractivity contribution in [2.75, 3.05) is 0 Å². The van der Waals surface area contributed by atoms with Crippen LogP contribution in [0.15, 0.2) is 4.79 Å². The zero-order valence-electron chi connectivity index (χ0n) is 5.03. The Labute approximate surface area is 60.5 Å². The second-order valence-corrected chi connectivity index (χ2v) is 1.58. The van der Waals surface area contributed by atoms with Crippen molar-refractivity contribution < 1.29 is 0 Å². The molecule has 0 saturated carbocycles. The van der Waals surface area contributed by atoms with Gasteiger partial charge in [0.1, 0.15) is 15.0 Å². The Hall–Kier alpha value is -0.995. The third-order valence-corrected chi connectivity index (χ3v) is 0.914. The molecule has 10 heavy (non-hydrogen) atoms. The second kappa shape index (κ2) is 2.73. The van der Waals surface area contributed by atoms with Crippen LogP contribution in [0.3, 0.4) is 0 Å². The molecule has 1 aromatic rings. The molecule has 1 aromatic heterocycles. The number of nitrogens with zero attached hydrogens (tertiary/aromatic N) is 2. The zero-order valence-corrected chi connectivity index (χ0v) is 5.03. The molecule has 0 atom stereocenters. The molecule has 1 N–H and O–H groups in total. The van der Waals surface area contributed by atoms with Crippen LogP contribution in [0.1, 0.15) is 0 Å². The van der Waals surface area contributed by atoms with E-state index in [0.29, 0.717) is 0 Å². The Morgan fingerprint density at radius 1 is 1.60 bits per heavy atom. The summed E-state index contributed by atoms with van der Waals surface area (Å²) in [6, 6.07) is 0. The molecule has 4 nitrogen and oxygen atoms in total. The summed E-state index contributed by atoms with van der Waals surface area (Å²) in [5.74, 6) is 0. The second-order valence-electron chi connectivity index (χ2n) is 1.58. The Morgan fingerprint density at radius 2 is 2.30 bits per heavy atom. The number of aromatic amines is 1. The molecule has 0 bridgehead atoms. The van der Waals surface area contributed by atoms with Gasteiger partial charge < -0.3 is 0 Å². The van der Waals surface area contributed by atoms with Crippen molar-refractivity contribution >= 4 is 33.9 Å². The van der Waals surface area contributed by atoms with Gasteiger partial charge in [-0.05, 0) is 0 Å². The molecule has 0 amide bonds. The van der Waals surface area contributed by atoms with Gasteiger partial charge in [0.2, 0.25) is 0 Å². The van der Waals surface area contributed by atoms with Gasteiger partial charge in [-0.1, -0.05) is 0 Å². The Kier molecular flexibility index (Phi) is 1.94. The predicted octanol–water partition coefficient (Wildman–Crippen LogP) is -3.63. The molecule has 0 aliphatic heterocycles. The number of aromatic nitrogens is 3. The summed E-state index contributed by atoms with van der Waals surface area (Å²) >= 11 is 0. The average Bonchev–Trinajstić information content (AvgIpc) is 1.94. The van der Waals surface area contributed by atoms with E-state index >= 15 is 0 Å². The number of H-pyrrole nitrogens is 1. The number of hydrogen-bond acceptors (Lipinski definition) is 3. The smallest absolute Gasteiger partial charge is 0.244 e. The molecule has 0 aliphatic carbocycles. The summed E-state index contributed by atoms with van der Waals surface area (Å²) in [5, 5.41) is 5.47. The van der Waals surface area contributed by atoms with Crippen molar-refractivity contribution in [2.45, 2.75) is 0 Å². The summed E-state index contributed by atoms with van der Waals surface area (Å²) in [6.45, 7) is 0. The van der Waals surface area contributed by atoms with Crippen LogP contribution in [0, 0.1) is 0 Å². The topological polar surface area (TPSA) is 58.6 Å². The summed E-state index contributed by atoms with van der Waals surface area (Å²) in [6.07, 6.45) is 0. The van der Waals surface area contributed by atoms with Crippen LogP contribution in [0.2, 0.25) is 0 Å². The van der Waals surface area contributed by atoms with E-state index in [1.807, 2.05) is 0 Å². The SMILES string of the molecule is [B][B]c1nc(=O)[nH]nc1[B]. The van der Waals surface area contributed by atoms with Gasteiger partial charge in [0.05, 0.1) is 0 Å². The first kappa shape index (κ1) is 7.12. The van der Waals surface area contributed by atoms with Gasteiger partial charge in [-0.2, -0.15) is 5.10 Å². The normalized spacial score (nSPS) is 9.20. The first-order valence-electron chi connectivity index (χ1n) is 2.51. The lowest BCUT2D eigenvalue weighted by molar-refractivity contribution is 0.951. The van der Waals surface area contributed by atoms with E-state index in [1.54, 1.807) is 0 Å². The molecule has 0 aromatic carbocycles. The highest BCUT2D eigenvalue weighted by atomic mass is 16.1. The number of hydrogen-bond donors (Lipinski definition) is 1. The molecular formula is C3HB3N3O. The molecule has 0 unspecified atom stereocenters. The monoisotopic (exact) mass is 128 g/mol. The van der Waals surface area contributed by atoms with Gasteiger partial charge >= 0.3 is 5.69 Å². The Bertz CT molecular complexity index is 285. The van der Waals surface area contributed by atoms with Gasteiger partial charge in [0, 0.05) is 18.9 Å². The molecule has 0 spiro atoms. The van der Waals surface area contributed by atoms with Crippen molar-refractivity contribution in [3.8, 4) is 0 Å². The molecule has 7 heteroatoms. The summed E-state index contributed by atoms with van der Waals surface area (Å²) in [4.78, 5) is 13.9. The van der Waals surface area contributed by atoms with Crippen LogP contribution in [-0.4, -0.2) is 37.9 Å². The maximum Gasteiger partial charge on any atom is 0.360 e. The molecule has 1 heterocycles. The minimum absolute atomic E-state index is 0.113. The van der Waals surface area contributed by atoms with Gasteiger partial charge in [-0.15, -0.1) is 0 Å². The number of nitrogens with one attached hydrogen (secondary N) is 1. The molecule has 0 fully saturated rings. The molecule has 0 aliphatic rings. The van der Waals surface area contributed by atoms with Crippen LogP contribution >= 0.6 is 0 Å². The maximum absolute atomic E-state index is 10.4. The van der Waals surface area contributed by atoms with E-state index in [1.165, 1.54) is 0 Å². The lowest BCUT2D eigenvalue weighted by atomic mass is 9.52.